The summed E-state index contributed by atoms with van der Waals surface area (Å²) in [6.45, 7) is 0.221. The third kappa shape index (κ3) is 4.21. The SMILES string of the molecule is O=C(NCCn1nc(-c2ccco2)ccc1=O)c1ccc(Cl)c([N+](=O)[O-])c1. The number of nitro benzene ring substituents is 1. The molecule has 0 unspecified atom stereocenters. The first-order chi connectivity index (χ1) is 13.0. The first-order valence-electron chi connectivity index (χ1n) is 7.80. The second-order valence-corrected chi connectivity index (χ2v) is 5.84. The number of rotatable bonds is 6. The first-order valence-corrected chi connectivity index (χ1v) is 8.17. The molecule has 27 heavy (non-hydrogen) atoms. The van der Waals surface area contributed by atoms with E-state index in [2.05, 4.69) is 10.4 Å². The molecule has 0 aliphatic heterocycles. The molecular weight excluding hydrogens is 376 g/mol. The number of furan rings is 1. The van der Waals surface area contributed by atoms with Crippen LogP contribution in [-0.2, 0) is 6.54 Å². The zero-order valence-electron chi connectivity index (χ0n) is 13.8. The minimum absolute atomic E-state index is 0.0537. The third-order valence-electron chi connectivity index (χ3n) is 3.65. The summed E-state index contributed by atoms with van der Waals surface area (Å²) in [6, 6.07) is 10.1. The summed E-state index contributed by atoms with van der Waals surface area (Å²) in [5.41, 5.74) is -0.106. The lowest BCUT2D eigenvalue weighted by Gasteiger charge is -2.08. The fraction of sp³-hybridized carbons (Fsp3) is 0.118. The van der Waals surface area contributed by atoms with Gasteiger partial charge in [-0.15, -0.1) is 0 Å². The van der Waals surface area contributed by atoms with Crippen LogP contribution < -0.4 is 10.9 Å². The first kappa shape index (κ1) is 18.3. The topological polar surface area (TPSA) is 120 Å². The van der Waals surface area contributed by atoms with Crippen molar-refractivity contribution in [3.8, 4) is 11.5 Å². The monoisotopic (exact) mass is 388 g/mol. The van der Waals surface area contributed by atoms with E-state index in [0.717, 1.165) is 6.07 Å². The number of nitro groups is 1. The van der Waals surface area contributed by atoms with Crippen LogP contribution in [0.4, 0.5) is 5.69 Å². The smallest absolute Gasteiger partial charge is 0.288 e. The van der Waals surface area contributed by atoms with Gasteiger partial charge in [-0.2, -0.15) is 5.10 Å². The molecule has 0 radical (unpaired) electrons. The Labute approximate surface area is 157 Å². The lowest BCUT2D eigenvalue weighted by molar-refractivity contribution is -0.384. The van der Waals surface area contributed by atoms with Gasteiger partial charge in [0.05, 0.1) is 17.7 Å². The van der Waals surface area contributed by atoms with Gasteiger partial charge in [0.25, 0.3) is 17.2 Å². The number of nitrogens with zero attached hydrogens (tertiary/aromatic N) is 3. The Morgan fingerprint density at radius 2 is 2.11 bits per heavy atom. The third-order valence-corrected chi connectivity index (χ3v) is 3.97. The normalized spacial score (nSPS) is 10.6. The van der Waals surface area contributed by atoms with Crippen LogP contribution >= 0.6 is 11.6 Å². The Hall–Kier alpha value is -3.46. The number of hydrogen-bond acceptors (Lipinski definition) is 6. The van der Waals surface area contributed by atoms with Gasteiger partial charge in [-0.3, -0.25) is 19.7 Å². The van der Waals surface area contributed by atoms with Crippen molar-refractivity contribution in [1.82, 2.24) is 15.1 Å². The van der Waals surface area contributed by atoms with E-state index in [4.69, 9.17) is 16.0 Å². The summed E-state index contributed by atoms with van der Waals surface area (Å²) in [7, 11) is 0. The van der Waals surface area contributed by atoms with E-state index >= 15 is 0 Å². The Kier molecular flexibility index (Phi) is 5.32. The van der Waals surface area contributed by atoms with Crippen LogP contribution in [0.2, 0.25) is 5.02 Å². The number of carbonyl (C=O) groups is 1. The second kappa shape index (κ2) is 7.83. The van der Waals surface area contributed by atoms with Crippen LogP contribution in [0.1, 0.15) is 10.4 Å². The predicted octanol–water partition coefficient (Wildman–Crippen LogP) is 2.49. The summed E-state index contributed by atoms with van der Waals surface area (Å²) in [4.78, 5) is 34.3. The molecule has 0 saturated heterocycles. The van der Waals surface area contributed by atoms with E-state index < -0.39 is 10.8 Å². The summed E-state index contributed by atoms with van der Waals surface area (Å²) in [5.74, 6) is -0.00809. The highest BCUT2D eigenvalue weighted by Crippen LogP contribution is 2.24. The zero-order chi connectivity index (χ0) is 19.4. The molecule has 0 aliphatic carbocycles. The predicted molar refractivity (Wildman–Crippen MR) is 96.6 cm³/mol. The standard InChI is InChI=1S/C17H13ClN4O5/c18-12-4-3-11(10-14(12)22(25)26)17(24)19-7-8-21-16(23)6-5-13(20-21)15-2-1-9-27-15/h1-6,9-10H,7-8H2,(H,19,24). The van der Waals surface area contributed by atoms with Crippen molar-refractivity contribution in [3.05, 3.63) is 79.8 Å². The van der Waals surface area contributed by atoms with Gasteiger partial charge < -0.3 is 9.73 Å². The highest BCUT2D eigenvalue weighted by Gasteiger charge is 2.16. The van der Waals surface area contributed by atoms with Gasteiger partial charge in [0.1, 0.15) is 10.7 Å². The van der Waals surface area contributed by atoms with E-state index in [1.807, 2.05) is 0 Å². The van der Waals surface area contributed by atoms with Gasteiger partial charge in [-0.1, -0.05) is 11.6 Å². The van der Waals surface area contributed by atoms with Crippen LogP contribution in [0.15, 0.2) is 57.9 Å². The molecule has 0 bridgehead atoms. The van der Waals surface area contributed by atoms with Crippen molar-refractivity contribution in [1.29, 1.82) is 0 Å². The average molecular weight is 389 g/mol. The molecule has 1 aromatic carbocycles. The molecule has 0 saturated carbocycles. The van der Waals surface area contributed by atoms with Crippen LogP contribution in [0.5, 0.6) is 0 Å². The maximum atomic E-state index is 12.2. The summed E-state index contributed by atoms with van der Waals surface area (Å²) < 4.78 is 6.44. The number of amides is 1. The Balaban J connectivity index is 1.67. The fourth-order valence-corrected chi connectivity index (χ4v) is 2.52. The summed E-state index contributed by atoms with van der Waals surface area (Å²) in [5, 5.41) is 17.6. The quantitative estimate of drug-likeness (QED) is 0.511. The summed E-state index contributed by atoms with van der Waals surface area (Å²) >= 11 is 5.73. The molecule has 2 heterocycles. The van der Waals surface area contributed by atoms with E-state index in [-0.39, 0.29) is 34.9 Å². The van der Waals surface area contributed by atoms with Crippen molar-refractivity contribution in [2.45, 2.75) is 6.54 Å². The lowest BCUT2D eigenvalue weighted by atomic mass is 10.2. The molecule has 0 aliphatic rings. The molecular formula is C17H13ClN4O5. The molecule has 0 fully saturated rings. The summed E-state index contributed by atoms with van der Waals surface area (Å²) in [6.07, 6.45) is 1.50. The van der Waals surface area contributed by atoms with Crippen molar-refractivity contribution < 1.29 is 14.1 Å². The van der Waals surface area contributed by atoms with E-state index in [0.29, 0.717) is 11.5 Å². The highest BCUT2D eigenvalue weighted by molar-refractivity contribution is 6.32. The lowest BCUT2D eigenvalue weighted by Crippen LogP contribution is -2.32. The average Bonchev–Trinajstić information content (AvgIpc) is 3.18. The van der Waals surface area contributed by atoms with Gasteiger partial charge in [0.2, 0.25) is 0 Å². The van der Waals surface area contributed by atoms with Gasteiger partial charge in [-0.25, -0.2) is 4.68 Å². The molecule has 1 N–H and O–H groups in total. The number of aromatic nitrogens is 2. The van der Waals surface area contributed by atoms with Crippen LogP contribution in [-0.4, -0.2) is 27.2 Å². The van der Waals surface area contributed by atoms with E-state index in [1.165, 1.54) is 29.1 Å². The van der Waals surface area contributed by atoms with Crippen molar-refractivity contribution in [2.75, 3.05) is 6.54 Å². The number of nitrogens with one attached hydrogen (secondary N) is 1. The minimum atomic E-state index is -0.664. The maximum absolute atomic E-state index is 12.2. The molecule has 10 heteroatoms. The minimum Gasteiger partial charge on any atom is -0.463 e. The van der Waals surface area contributed by atoms with Gasteiger partial charge in [0.15, 0.2) is 5.76 Å². The van der Waals surface area contributed by atoms with Gasteiger partial charge in [0, 0.05) is 24.2 Å². The van der Waals surface area contributed by atoms with Crippen molar-refractivity contribution in [3.63, 3.8) is 0 Å². The number of halogens is 1. The molecule has 2 aromatic heterocycles. The highest BCUT2D eigenvalue weighted by atomic mass is 35.5. The molecule has 3 aromatic rings. The fourth-order valence-electron chi connectivity index (χ4n) is 2.34. The van der Waals surface area contributed by atoms with Crippen molar-refractivity contribution in [2.24, 2.45) is 0 Å². The Morgan fingerprint density at radius 3 is 2.81 bits per heavy atom. The Bertz CT molecular complexity index is 1050. The molecule has 138 valence electrons. The molecule has 0 spiro atoms. The van der Waals surface area contributed by atoms with Crippen molar-refractivity contribution >= 4 is 23.2 Å². The van der Waals surface area contributed by atoms with E-state index in [9.17, 15) is 19.7 Å². The van der Waals surface area contributed by atoms with Crippen LogP contribution in [0.3, 0.4) is 0 Å². The van der Waals surface area contributed by atoms with Gasteiger partial charge >= 0.3 is 0 Å². The van der Waals surface area contributed by atoms with Crippen LogP contribution in [0, 0.1) is 10.1 Å². The zero-order valence-corrected chi connectivity index (χ0v) is 14.5. The van der Waals surface area contributed by atoms with Gasteiger partial charge in [-0.05, 0) is 30.3 Å². The maximum Gasteiger partial charge on any atom is 0.288 e. The van der Waals surface area contributed by atoms with Crippen LogP contribution in [0.25, 0.3) is 11.5 Å². The Morgan fingerprint density at radius 1 is 1.30 bits per heavy atom. The molecule has 1 amide bonds. The van der Waals surface area contributed by atoms with E-state index in [1.54, 1.807) is 18.2 Å². The molecule has 3 rings (SSSR count). The largest absolute Gasteiger partial charge is 0.463 e. The number of carbonyl (C=O) groups excluding carboxylic acids is 1. The molecule has 0 atom stereocenters. The number of benzene rings is 1. The number of hydrogen-bond donors (Lipinski definition) is 1. The second-order valence-electron chi connectivity index (χ2n) is 5.44. The molecule has 9 nitrogen and oxygen atoms in total.